The minimum Gasteiger partial charge on any atom is -0.368 e. The highest BCUT2D eigenvalue weighted by Crippen LogP contribution is 2.28. The Hall–Kier alpha value is -2.64. The van der Waals surface area contributed by atoms with Crippen molar-refractivity contribution < 1.29 is 9.59 Å². The minimum absolute atomic E-state index is 0.0726. The number of piperazine rings is 1. The Morgan fingerprint density at radius 3 is 2.39 bits per heavy atom. The second kappa shape index (κ2) is 9.66. The van der Waals surface area contributed by atoms with Gasteiger partial charge in [-0.1, -0.05) is 12.1 Å². The molecule has 5 nitrogen and oxygen atoms in total. The normalized spacial score (nSPS) is 14.0. The van der Waals surface area contributed by atoms with Gasteiger partial charge in [0.05, 0.1) is 16.3 Å². The van der Waals surface area contributed by atoms with Crippen molar-refractivity contribution in [3.8, 4) is 0 Å². The van der Waals surface area contributed by atoms with Gasteiger partial charge in [-0.25, -0.2) is 4.98 Å². The highest BCUT2D eigenvalue weighted by molar-refractivity contribution is 7.98. The summed E-state index contributed by atoms with van der Waals surface area (Å²) in [5, 5.41) is 3.14. The summed E-state index contributed by atoms with van der Waals surface area (Å²) in [5.41, 5.74) is 3.63. The lowest BCUT2D eigenvalue weighted by Crippen LogP contribution is -2.48. The van der Waals surface area contributed by atoms with Gasteiger partial charge in [0.1, 0.15) is 0 Å². The summed E-state index contributed by atoms with van der Waals surface area (Å²) in [5.74, 6) is 0.922. The summed E-state index contributed by atoms with van der Waals surface area (Å²) in [4.78, 5) is 34.4. The van der Waals surface area contributed by atoms with Crippen LogP contribution in [0.1, 0.15) is 38.3 Å². The number of ketones is 1. The van der Waals surface area contributed by atoms with E-state index in [-0.39, 0.29) is 11.7 Å². The number of amides is 1. The number of benzene rings is 2. The lowest BCUT2D eigenvalue weighted by molar-refractivity contribution is 0.0743. The first kappa shape index (κ1) is 21.6. The monoisotopic (exact) mass is 451 g/mol. The van der Waals surface area contributed by atoms with E-state index in [1.165, 1.54) is 0 Å². The predicted octanol–water partition coefficient (Wildman–Crippen LogP) is 4.91. The third kappa shape index (κ3) is 5.17. The van der Waals surface area contributed by atoms with Gasteiger partial charge < -0.3 is 9.80 Å². The molecule has 1 fully saturated rings. The molecule has 1 aromatic heterocycles. The Balaban J connectivity index is 1.39. The number of aryl methyl sites for hydroxylation is 1. The molecule has 4 rings (SSSR count). The van der Waals surface area contributed by atoms with Crippen LogP contribution in [0, 0.1) is 6.92 Å². The van der Waals surface area contributed by atoms with E-state index in [0.717, 1.165) is 51.3 Å². The second-order valence-electron chi connectivity index (χ2n) is 7.53. The first-order chi connectivity index (χ1) is 15.0. The van der Waals surface area contributed by atoms with Gasteiger partial charge >= 0.3 is 0 Å². The van der Waals surface area contributed by atoms with Crippen molar-refractivity contribution in [3.63, 3.8) is 0 Å². The van der Waals surface area contributed by atoms with E-state index in [9.17, 15) is 9.59 Å². The number of nitrogens with zero attached hydrogens (tertiary/aromatic N) is 3. The number of hydrogen-bond donors (Lipinski definition) is 0. The van der Waals surface area contributed by atoms with Crippen molar-refractivity contribution in [2.75, 3.05) is 31.1 Å². The number of rotatable bonds is 6. The molecule has 3 aromatic rings. The number of aromatic nitrogens is 1. The molecule has 1 aliphatic rings. The Morgan fingerprint density at radius 2 is 1.74 bits per heavy atom. The molecule has 0 aliphatic carbocycles. The third-order valence-corrected chi connectivity index (χ3v) is 7.29. The maximum absolute atomic E-state index is 13.2. The van der Waals surface area contributed by atoms with E-state index >= 15 is 0 Å². The number of carbonyl (C=O) groups excluding carboxylic acids is 2. The van der Waals surface area contributed by atoms with Gasteiger partial charge in [0, 0.05) is 53.5 Å². The van der Waals surface area contributed by atoms with Crippen molar-refractivity contribution in [2.45, 2.75) is 24.5 Å². The molecule has 1 amide bonds. The fourth-order valence-electron chi connectivity index (χ4n) is 3.64. The predicted molar refractivity (Wildman–Crippen MR) is 127 cm³/mol. The van der Waals surface area contributed by atoms with Gasteiger partial charge in [-0.3, -0.25) is 9.59 Å². The van der Waals surface area contributed by atoms with Crippen molar-refractivity contribution >= 4 is 40.5 Å². The molecule has 0 radical (unpaired) electrons. The van der Waals surface area contributed by atoms with Gasteiger partial charge in [-0.2, -0.15) is 0 Å². The van der Waals surface area contributed by atoms with Crippen LogP contribution >= 0.6 is 23.1 Å². The summed E-state index contributed by atoms with van der Waals surface area (Å²) >= 11 is 3.32. The summed E-state index contributed by atoms with van der Waals surface area (Å²) < 4.78 is 0. The van der Waals surface area contributed by atoms with Crippen molar-refractivity contribution in [3.05, 3.63) is 75.7 Å². The average Bonchev–Trinajstić information content (AvgIpc) is 3.22. The van der Waals surface area contributed by atoms with Crippen molar-refractivity contribution in [1.82, 2.24) is 9.88 Å². The Labute approximate surface area is 191 Å². The molecule has 160 valence electrons. The number of Topliss-reactive ketones (excluding diaryl/α,β-unsaturated/α-hetero) is 1. The van der Waals surface area contributed by atoms with Crippen LogP contribution in [0.5, 0.6) is 0 Å². The highest BCUT2D eigenvalue weighted by atomic mass is 32.2. The summed E-state index contributed by atoms with van der Waals surface area (Å²) in [6.07, 6.45) is 0. The standard InChI is InChI=1S/C24H25N3O2S2/c1-17(28)19-7-9-21(10-8-19)26-11-13-27(14-12-26)24(29)22-5-3-4-6-23(22)31-16-20-15-30-18(2)25-20/h3-10,15H,11-14,16H2,1-2H3. The Kier molecular flexibility index (Phi) is 6.73. The summed E-state index contributed by atoms with van der Waals surface area (Å²) in [6, 6.07) is 15.6. The molecule has 1 saturated heterocycles. The molecule has 0 unspecified atom stereocenters. The quantitative estimate of drug-likeness (QED) is 0.394. The van der Waals surface area contributed by atoms with E-state index in [1.807, 2.05) is 60.4 Å². The van der Waals surface area contributed by atoms with Crippen LogP contribution in [0.25, 0.3) is 0 Å². The van der Waals surface area contributed by atoms with E-state index < -0.39 is 0 Å². The van der Waals surface area contributed by atoms with Gasteiger partial charge in [0.25, 0.3) is 5.91 Å². The highest BCUT2D eigenvalue weighted by Gasteiger charge is 2.24. The molecule has 0 N–H and O–H groups in total. The summed E-state index contributed by atoms with van der Waals surface area (Å²) in [7, 11) is 0. The van der Waals surface area contributed by atoms with Crippen LogP contribution in [0.4, 0.5) is 5.69 Å². The van der Waals surface area contributed by atoms with Crippen molar-refractivity contribution in [2.24, 2.45) is 0 Å². The fourth-order valence-corrected chi connectivity index (χ4v) is 5.30. The topological polar surface area (TPSA) is 53.5 Å². The first-order valence-corrected chi connectivity index (χ1v) is 12.2. The molecule has 1 aliphatic heterocycles. The van der Waals surface area contributed by atoms with Gasteiger partial charge in [0.2, 0.25) is 0 Å². The Morgan fingerprint density at radius 1 is 1.03 bits per heavy atom. The number of anilines is 1. The van der Waals surface area contributed by atoms with E-state index in [0.29, 0.717) is 13.1 Å². The molecule has 0 bridgehead atoms. The van der Waals surface area contributed by atoms with Crippen LogP contribution in [0.15, 0.2) is 58.8 Å². The minimum atomic E-state index is 0.0726. The molecule has 0 saturated carbocycles. The Bertz CT molecular complexity index is 1070. The number of hydrogen-bond acceptors (Lipinski definition) is 6. The largest absolute Gasteiger partial charge is 0.368 e. The second-order valence-corrected chi connectivity index (χ2v) is 9.60. The van der Waals surface area contributed by atoms with E-state index in [4.69, 9.17) is 0 Å². The van der Waals surface area contributed by atoms with Crippen LogP contribution in [-0.2, 0) is 5.75 Å². The lowest BCUT2D eigenvalue weighted by atomic mass is 10.1. The average molecular weight is 452 g/mol. The van der Waals surface area contributed by atoms with Crippen LogP contribution in [0.2, 0.25) is 0 Å². The lowest BCUT2D eigenvalue weighted by Gasteiger charge is -2.36. The van der Waals surface area contributed by atoms with Gasteiger partial charge in [-0.05, 0) is 50.2 Å². The van der Waals surface area contributed by atoms with Crippen LogP contribution in [0.3, 0.4) is 0 Å². The molecule has 0 atom stereocenters. The third-order valence-electron chi connectivity index (χ3n) is 5.37. The van der Waals surface area contributed by atoms with Gasteiger partial charge in [-0.15, -0.1) is 23.1 Å². The zero-order valence-corrected chi connectivity index (χ0v) is 19.3. The van der Waals surface area contributed by atoms with Gasteiger partial charge in [0.15, 0.2) is 5.78 Å². The number of thiazole rings is 1. The molecular formula is C24H25N3O2S2. The van der Waals surface area contributed by atoms with Crippen LogP contribution in [-0.4, -0.2) is 47.8 Å². The molecule has 2 aromatic carbocycles. The number of thioether (sulfide) groups is 1. The molecule has 2 heterocycles. The fraction of sp³-hybridized carbons (Fsp3) is 0.292. The zero-order chi connectivity index (χ0) is 21.8. The first-order valence-electron chi connectivity index (χ1n) is 10.3. The zero-order valence-electron chi connectivity index (χ0n) is 17.7. The number of carbonyl (C=O) groups is 2. The molecule has 7 heteroatoms. The van der Waals surface area contributed by atoms with Crippen molar-refractivity contribution in [1.29, 1.82) is 0 Å². The smallest absolute Gasteiger partial charge is 0.255 e. The molecular weight excluding hydrogens is 426 g/mol. The van der Waals surface area contributed by atoms with E-state index in [2.05, 4.69) is 15.3 Å². The van der Waals surface area contributed by atoms with E-state index in [1.54, 1.807) is 30.0 Å². The molecule has 31 heavy (non-hydrogen) atoms. The summed E-state index contributed by atoms with van der Waals surface area (Å²) in [6.45, 7) is 6.49. The van der Waals surface area contributed by atoms with Crippen LogP contribution < -0.4 is 4.90 Å². The maximum atomic E-state index is 13.2. The molecule has 0 spiro atoms. The maximum Gasteiger partial charge on any atom is 0.255 e. The SMILES string of the molecule is CC(=O)c1ccc(N2CCN(C(=O)c3ccccc3SCc3csc(C)n3)CC2)cc1.